The third-order valence-corrected chi connectivity index (χ3v) is 19.1. The maximum atomic E-state index is 2.53. The van der Waals surface area contributed by atoms with E-state index in [-0.39, 0.29) is 0 Å². The van der Waals surface area contributed by atoms with Crippen LogP contribution in [0.25, 0.3) is 55.3 Å². The first-order valence-electron chi connectivity index (χ1n) is 18.8. The maximum absolute atomic E-state index is 2.53. The molecule has 2 aliphatic rings. The molecule has 2 heterocycles. The molecule has 3 heteroatoms. The second kappa shape index (κ2) is 11.9. The summed E-state index contributed by atoms with van der Waals surface area (Å²) in [6, 6.07) is 66.1. The lowest BCUT2D eigenvalue weighted by atomic mass is 9.99. The number of hydrogen-bond donors (Lipinski definition) is 0. The Morgan fingerprint density at radius 1 is 0.302 bits per heavy atom. The van der Waals surface area contributed by atoms with Crippen molar-refractivity contribution in [2.45, 2.75) is 26.2 Å². The number of hydrogen-bond acceptors (Lipinski definition) is 1. The lowest BCUT2D eigenvalue weighted by Crippen LogP contribution is -2.49. The van der Waals surface area contributed by atoms with E-state index in [0.29, 0.717) is 0 Å². The van der Waals surface area contributed by atoms with Crippen LogP contribution in [0.3, 0.4) is 0 Å². The second-order valence-electron chi connectivity index (χ2n) is 15.8. The van der Waals surface area contributed by atoms with Crippen LogP contribution in [-0.4, -0.2) is 16.1 Å². The van der Waals surface area contributed by atoms with Gasteiger partial charge in [0.25, 0.3) is 0 Å². The summed E-state index contributed by atoms with van der Waals surface area (Å²) < 4.78 is 0. The van der Waals surface area contributed by atoms with E-state index in [0.717, 1.165) is 0 Å². The van der Waals surface area contributed by atoms with Crippen LogP contribution in [0.1, 0.15) is 0 Å². The summed E-state index contributed by atoms with van der Waals surface area (Å²) in [4.78, 5) is 2.49. The Hall–Kier alpha value is -5.75. The van der Waals surface area contributed by atoms with Crippen molar-refractivity contribution in [1.82, 2.24) is 0 Å². The minimum absolute atomic E-state index is 1.17. The van der Waals surface area contributed by atoms with Crippen molar-refractivity contribution in [1.29, 1.82) is 0 Å². The van der Waals surface area contributed by atoms with Gasteiger partial charge in [0.2, 0.25) is 0 Å². The third-order valence-electron chi connectivity index (χ3n) is 12.1. The largest absolute Gasteiger partial charge is 0.310 e. The molecule has 0 atom stereocenters. The number of fused-ring (bicyclic) bond motifs is 7. The van der Waals surface area contributed by atoms with Crippen LogP contribution in [0.5, 0.6) is 0 Å². The zero-order valence-electron chi connectivity index (χ0n) is 30.7. The molecule has 10 rings (SSSR count). The van der Waals surface area contributed by atoms with Gasteiger partial charge in [-0.15, -0.1) is 0 Å². The number of anilines is 3. The molecule has 0 saturated carbocycles. The third kappa shape index (κ3) is 5.03. The molecule has 0 saturated heterocycles. The molecular weight excluding hydrogens is 671 g/mol. The van der Waals surface area contributed by atoms with Crippen molar-refractivity contribution >= 4 is 64.7 Å². The van der Waals surface area contributed by atoms with E-state index < -0.39 is 16.1 Å². The molecule has 0 bridgehead atoms. The first-order valence-corrected chi connectivity index (χ1v) is 24.8. The van der Waals surface area contributed by atoms with Crippen LogP contribution in [0.15, 0.2) is 176 Å². The number of rotatable bonds is 5. The predicted molar refractivity (Wildman–Crippen MR) is 234 cm³/mol. The summed E-state index contributed by atoms with van der Waals surface area (Å²) >= 11 is 0. The van der Waals surface area contributed by atoms with Gasteiger partial charge in [0.05, 0.1) is 0 Å². The Morgan fingerprint density at radius 2 is 0.811 bits per heavy atom. The summed E-state index contributed by atoms with van der Waals surface area (Å²) in [5.74, 6) is 0. The Morgan fingerprint density at radius 3 is 1.62 bits per heavy atom. The Balaban J connectivity index is 1.11. The fourth-order valence-electron chi connectivity index (χ4n) is 9.14. The summed E-state index contributed by atoms with van der Waals surface area (Å²) in [5, 5.41) is 8.64. The van der Waals surface area contributed by atoms with Gasteiger partial charge in [-0.25, -0.2) is 0 Å². The second-order valence-corrected chi connectivity index (χ2v) is 24.5. The van der Waals surface area contributed by atoms with E-state index in [2.05, 4.69) is 207 Å². The van der Waals surface area contributed by atoms with Gasteiger partial charge in [-0.1, -0.05) is 160 Å². The average Bonchev–Trinajstić information content (AvgIpc) is 3.57. The molecule has 53 heavy (non-hydrogen) atoms. The molecule has 2 aliphatic heterocycles. The van der Waals surface area contributed by atoms with E-state index in [4.69, 9.17) is 0 Å². The quantitative estimate of drug-likeness (QED) is 0.161. The molecule has 0 radical (unpaired) electrons. The van der Waals surface area contributed by atoms with Crippen molar-refractivity contribution in [3.63, 3.8) is 0 Å². The smallest absolute Gasteiger partial charge is 0.113 e. The van der Waals surface area contributed by atoms with Crippen LogP contribution in [0.2, 0.25) is 26.2 Å². The molecule has 0 N–H and O–H groups in total. The summed E-state index contributed by atoms with van der Waals surface area (Å²) in [7, 11) is -3.78. The molecule has 0 unspecified atom stereocenters. The number of nitrogens with zero attached hydrogens (tertiary/aromatic N) is 1. The molecule has 1 nitrogen and oxygen atoms in total. The van der Waals surface area contributed by atoms with Crippen LogP contribution in [0, 0.1) is 0 Å². The summed E-state index contributed by atoms with van der Waals surface area (Å²) in [6.45, 7) is 10.0. The first kappa shape index (κ1) is 31.9. The lowest BCUT2D eigenvalue weighted by molar-refractivity contribution is 1.29. The number of benzene rings is 8. The van der Waals surface area contributed by atoms with Crippen LogP contribution in [0.4, 0.5) is 17.1 Å². The highest BCUT2D eigenvalue weighted by Crippen LogP contribution is 2.41. The van der Waals surface area contributed by atoms with Gasteiger partial charge in [0.15, 0.2) is 0 Å². The van der Waals surface area contributed by atoms with Crippen LogP contribution < -0.4 is 25.6 Å². The van der Waals surface area contributed by atoms with Crippen molar-refractivity contribution in [2.75, 3.05) is 4.90 Å². The van der Waals surface area contributed by atoms with E-state index in [1.54, 1.807) is 0 Å². The van der Waals surface area contributed by atoms with Crippen molar-refractivity contribution in [3.8, 4) is 44.5 Å². The summed E-state index contributed by atoms with van der Waals surface area (Å²) in [6.07, 6.45) is 0. The zero-order valence-corrected chi connectivity index (χ0v) is 32.7. The molecule has 0 aromatic heterocycles. The first-order chi connectivity index (χ1) is 25.8. The van der Waals surface area contributed by atoms with E-state index in [9.17, 15) is 0 Å². The standard InChI is InChI=1S/C50H41NSi2/c1-52(2)47-17-11-10-16-43(47)46-32-41(26-29-48(46)52)51(40-23-20-36(21-24-40)38-19-18-35-14-8-9-15-37(35)30-38)42-25-28-45-44-27-22-39(34-12-6-5-7-13-34)31-49(44)53(3,4)50(45)33-42/h5-33H,1-4H3. The molecule has 8 aromatic carbocycles. The van der Waals surface area contributed by atoms with Gasteiger partial charge in [-0.3, -0.25) is 0 Å². The van der Waals surface area contributed by atoms with Crippen LogP contribution >= 0.6 is 0 Å². The molecule has 0 amide bonds. The van der Waals surface area contributed by atoms with Gasteiger partial charge in [-0.05, 0) is 118 Å². The molecule has 0 aliphatic carbocycles. The van der Waals surface area contributed by atoms with Crippen LogP contribution in [-0.2, 0) is 0 Å². The van der Waals surface area contributed by atoms with E-state index in [1.165, 1.54) is 93.1 Å². The van der Waals surface area contributed by atoms with E-state index >= 15 is 0 Å². The highest BCUT2D eigenvalue weighted by atomic mass is 28.3. The molecular formula is C50H41NSi2. The highest BCUT2D eigenvalue weighted by molar-refractivity contribution is 7.04. The monoisotopic (exact) mass is 711 g/mol. The minimum Gasteiger partial charge on any atom is -0.310 e. The molecule has 0 fully saturated rings. The molecule has 0 spiro atoms. The van der Waals surface area contributed by atoms with Gasteiger partial charge in [0, 0.05) is 17.1 Å². The van der Waals surface area contributed by atoms with Gasteiger partial charge in [0.1, 0.15) is 16.1 Å². The predicted octanol–water partition coefficient (Wildman–Crippen LogP) is 11.2. The van der Waals surface area contributed by atoms with Gasteiger partial charge >= 0.3 is 0 Å². The van der Waals surface area contributed by atoms with Gasteiger partial charge < -0.3 is 4.90 Å². The van der Waals surface area contributed by atoms with E-state index in [1.807, 2.05) is 0 Å². The summed E-state index contributed by atoms with van der Waals surface area (Å²) in [5.41, 5.74) is 14.2. The van der Waals surface area contributed by atoms with Crippen molar-refractivity contribution in [3.05, 3.63) is 176 Å². The highest BCUT2D eigenvalue weighted by Gasteiger charge is 2.39. The molecule has 8 aromatic rings. The van der Waals surface area contributed by atoms with Crippen molar-refractivity contribution in [2.24, 2.45) is 0 Å². The molecule has 254 valence electrons. The van der Waals surface area contributed by atoms with Crippen molar-refractivity contribution < 1.29 is 0 Å². The Bertz CT molecular complexity index is 2730. The lowest BCUT2D eigenvalue weighted by Gasteiger charge is -2.28. The van der Waals surface area contributed by atoms with Gasteiger partial charge in [-0.2, -0.15) is 0 Å². The maximum Gasteiger partial charge on any atom is 0.113 e. The Kier molecular flexibility index (Phi) is 7.17. The zero-order chi connectivity index (χ0) is 35.9. The fraction of sp³-hybridized carbons (Fsp3) is 0.0800. The Labute approximate surface area is 314 Å². The fourth-order valence-corrected chi connectivity index (χ4v) is 15.3. The topological polar surface area (TPSA) is 3.24 Å². The SMILES string of the molecule is C[Si]1(C)c2ccccc2-c2cc(N(c3ccc(-c4ccc5ccccc5c4)cc3)c3ccc4c(c3)[Si](C)(C)c3cc(-c5ccccc5)ccc3-4)ccc21. The minimum atomic E-state index is -2.00. The normalized spacial score (nSPS) is 14.3. The average molecular weight is 712 g/mol.